The minimum Gasteiger partial charge on any atom is -0.393 e. The molecule has 4 saturated carbocycles. The fourth-order valence-electron chi connectivity index (χ4n) is 8.30. The van der Waals surface area contributed by atoms with E-state index in [1.165, 1.54) is 57.8 Å². The van der Waals surface area contributed by atoms with Gasteiger partial charge in [0.15, 0.2) is 0 Å². The summed E-state index contributed by atoms with van der Waals surface area (Å²) in [5, 5.41) is 10.1. The molecule has 150 valence electrons. The second-order valence-corrected chi connectivity index (χ2v) is 11.2. The number of fused-ring (bicyclic) bond motifs is 5. The average Bonchev–Trinajstić information content (AvgIpc) is 3.05. The first-order chi connectivity index (χ1) is 12.5. The number of aliphatic hydroxyl groups is 1. The lowest BCUT2D eigenvalue weighted by atomic mass is 9.53. The van der Waals surface area contributed by atoms with E-state index >= 15 is 0 Å². The molecule has 0 saturated heterocycles. The highest BCUT2D eigenvalue weighted by Gasteiger charge is 2.52. The van der Waals surface area contributed by atoms with Crippen LogP contribution < -0.4 is 0 Å². The van der Waals surface area contributed by atoms with Crippen LogP contribution >= 0.6 is 0 Å². The van der Waals surface area contributed by atoms with Gasteiger partial charge in [0.25, 0.3) is 0 Å². The van der Waals surface area contributed by atoms with Crippen LogP contribution in [0.3, 0.4) is 0 Å². The molecule has 0 aliphatic heterocycles. The predicted octanol–water partition coefficient (Wildman–Crippen LogP) is 6.69. The van der Waals surface area contributed by atoms with Gasteiger partial charge in [0.1, 0.15) is 0 Å². The van der Waals surface area contributed by atoms with Crippen molar-refractivity contribution in [2.24, 2.45) is 53.3 Å². The Morgan fingerprint density at radius 2 is 1.31 bits per heavy atom. The zero-order valence-electron chi connectivity index (χ0n) is 17.7. The van der Waals surface area contributed by atoms with E-state index in [-0.39, 0.29) is 6.10 Å². The fraction of sp³-hybridized carbons (Fsp3) is 1.00. The minimum atomic E-state index is 0.0201. The number of aliphatic hydroxyl groups excluding tert-OH is 1. The monoisotopic (exact) mass is 360 g/mol. The van der Waals surface area contributed by atoms with E-state index < -0.39 is 0 Å². The topological polar surface area (TPSA) is 20.2 Å². The van der Waals surface area contributed by atoms with Crippen molar-refractivity contribution in [2.75, 3.05) is 0 Å². The molecule has 0 aromatic rings. The molecule has 0 amide bonds. The number of hydrogen-bond donors (Lipinski definition) is 1. The van der Waals surface area contributed by atoms with Gasteiger partial charge in [-0.05, 0) is 111 Å². The summed E-state index contributed by atoms with van der Waals surface area (Å²) in [7, 11) is 0. The molecule has 0 radical (unpaired) electrons. The van der Waals surface area contributed by atoms with Gasteiger partial charge in [-0.2, -0.15) is 0 Å². The zero-order chi connectivity index (χ0) is 18.3. The van der Waals surface area contributed by atoms with Crippen LogP contribution in [0, 0.1) is 53.3 Å². The lowest BCUT2D eigenvalue weighted by molar-refractivity contribution is -0.0519. The third kappa shape index (κ3) is 3.76. The predicted molar refractivity (Wildman–Crippen MR) is 110 cm³/mol. The van der Waals surface area contributed by atoms with Gasteiger partial charge >= 0.3 is 0 Å². The second kappa shape index (κ2) is 8.14. The maximum absolute atomic E-state index is 10.1. The highest BCUT2D eigenvalue weighted by molar-refractivity contribution is 5.01. The molecule has 1 N–H and O–H groups in total. The van der Waals surface area contributed by atoms with Gasteiger partial charge in [-0.3, -0.25) is 0 Å². The first-order valence-electron chi connectivity index (χ1n) is 12.2. The molecule has 4 aliphatic rings. The maximum Gasteiger partial charge on any atom is 0.0543 e. The number of rotatable bonds is 5. The molecular formula is C25H44O. The van der Waals surface area contributed by atoms with Crippen LogP contribution in [-0.4, -0.2) is 11.2 Å². The molecule has 0 spiro atoms. The van der Waals surface area contributed by atoms with Crippen LogP contribution in [0.15, 0.2) is 0 Å². The standard InChI is InChI=1S/C25H44O/c1-16(2)5-4-6-17(3)20-11-12-25-22(20)13-14-23-21-10-8-19(26)15-18(21)7-9-24(23)25/h16-26H,4-15H2,1-3H3. The Morgan fingerprint density at radius 3 is 2.12 bits per heavy atom. The smallest absolute Gasteiger partial charge is 0.0543 e. The molecule has 1 nitrogen and oxygen atoms in total. The molecule has 0 heterocycles. The van der Waals surface area contributed by atoms with E-state index in [2.05, 4.69) is 20.8 Å². The van der Waals surface area contributed by atoms with E-state index in [0.29, 0.717) is 0 Å². The Morgan fingerprint density at radius 1 is 0.692 bits per heavy atom. The molecule has 9 atom stereocenters. The SMILES string of the molecule is CC(C)CCCC(C)C1CCC2C1CCC1C3CCC(O)CC3CCC12. The lowest BCUT2D eigenvalue weighted by Gasteiger charge is -2.53. The van der Waals surface area contributed by atoms with Crippen molar-refractivity contribution in [3.05, 3.63) is 0 Å². The van der Waals surface area contributed by atoms with Crippen molar-refractivity contribution in [3.63, 3.8) is 0 Å². The van der Waals surface area contributed by atoms with E-state index in [1.807, 2.05) is 0 Å². The number of hydrogen-bond acceptors (Lipinski definition) is 1. The normalized spacial score (nSPS) is 46.5. The molecule has 0 aromatic heterocycles. The third-order valence-electron chi connectivity index (χ3n) is 9.47. The minimum absolute atomic E-state index is 0.0201. The molecule has 26 heavy (non-hydrogen) atoms. The summed E-state index contributed by atoms with van der Waals surface area (Å²) in [6.45, 7) is 7.33. The fourth-order valence-corrected chi connectivity index (χ4v) is 8.30. The summed E-state index contributed by atoms with van der Waals surface area (Å²) in [6, 6.07) is 0. The van der Waals surface area contributed by atoms with E-state index in [9.17, 15) is 5.11 Å². The summed E-state index contributed by atoms with van der Waals surface area (Å²) in [5.41, 5.74) is 0. The van der Waals surface area contributed by atoms with Crippen LogP contribution in [0.5, 0.6) is 0 Å². The molecule has 4 fully saturated rings. The van der Waals surface area contributed by atoms with E-state index in [4.69, 9.17) is 0 Å². The summed E-state index contributed by atoms with van der Waals surface area (Å²) in [4.78, 5) is 0. The Hall–Kier alpha value is -0.0400. The van der Waals surface area contributed by atoms with Crippen molar-refractivity contribution < 1.29 is 5.11 Å². The van der Waals surface area contributed by atoms with Crippen LogP contribution in [0.25, 0.3) is 0 Å². The van der Waals surface area contributed by atoms with Crippen LogP contribution in [0.2, 0.25) is 0 Å². The van der Waals surface area contributed by atoms with Crippen molar-refractivity contribution in [2.45, 2.75) is 104 Å². The van der Waals surface area contributed by atoms with Gasteiger partial charge in [0.05, 0.1) is 6.10 Å². The Bertz CT molecular complexity index is 457. The lowest BCUT2D eigenvalue weighted by Crippen LogP contribution is -2.46. The van der Waals surface area contributed by atoms with Gasteiger partial charge in [-0.15, -0.1) is 0 Å². The van der Waals surface area contributed by atoms with Crippen molar-refractivity contribution in [1.29, 1.82) is 0 Å². The molecule has 1 heteroatoms. The summed E-state index contributed by atoms with van der Waals surface area (Å²) in [6.07, 6.45) is 17.0. The maximum atomic E-state index is 10.1. The molecule has 4 rings (SSSR count). The first-order valence-corrected chi connectivity index (χ1v) is 12.2. The van der Waals surface area contributed by atoms with Gasteiger partial charge < -0.3 is 5.11 Å². The van der Waals surface area contributed by atoms with Crippen LogP contribution in [0.4, 0.5) is 0 Å². The summed E-state index contributed by atoms with van der Waals surface area (Å²) >= 11 is 0. The highest BCUT2D eigenvalue weighted by atomic mass is 16.3. The van der Waals surface area contributed by atoms with Gasteiger partial charge in [0, 0.05) is 0 Å². The Labute approximate surface area is 162 Å². The van der Waals surface area contributed by atoms with Gasteiger partial charge in [0.2, 0.25) is 0 Å². The zero-order valence-corrected chi connectivity index (χ0v) is 17.7. The summed E-state index contributed by atoms with van der Waals surface area (Å²) < 4.78 is 0. The van der Waals surface area contributed by atoms with E-state index in [0.717, 1.165) is 66.1 Å². The van der Waals surface area contributed by atoms with Crippen LogP contribution in [-0.2, 0) is 0 Å². The third-order valence-corrected chi connectivity index (χ3v) is 9.47. The van der Waals surface area contributed by atoms with Gasteiger partial charge in [-0.25, -0.2) is 0 Å². The van der Waals surface area contributed by atoms with Crippen molar-refractivity contribution in [3.8, 4) is 0 Å². The molecular weight excluding hydrogens is 316 g/mol. The largest absolute Gasteiger partial charge is 0.393 e. The molecule has 0 aromatic carbocycles. The second-order valence-electron chi connectivity index (χ2n) is 11.2. The molecule has 0 bridgehead atoms. The van der Waals surface area contributed by atoms with Crippen molar-refractivity contribution >= 4 is 0 Å². The quantitative estimate of drug-likeness (QED) is 0.579. The van der Waals surface area contributed by atoms with E-state index in [1.54, 1.807) is 6.42 Å². The molecule has 4 aliphatic carbocycles. The Kier molecular flexibility index (Phi) is 6.04. The highest BCUT2D eigenvalue weighted by Crippen LogP contribution is 2.60. The summed E-state index contributed by atoms with van der Waals surface area (Å²) in [5.74, 6) is 8.92. The molecule has 9 unspecified atom stereocenters. The van der Waals surface area contributed by atoms with Crippen molar-refractivity contribution in [1.82, 2.24) is 0 Å². The van der Waals surface area contributed by atoms with Crippen LogP contribution in [0.1, 0.15) is 97.8 Å². The average molecular weight is 361 g/mol. The Balaban J connectivity index is 1.36. The first kappa shape index (κ1) is 19.3. The van der Waals surface area contributed by atoms with Gasteiger partial charge in [-0.1, -0.05) is 40.0 Å².